The number of rotatable bonds is 4. The monoisotopic (exact) mass is 229 g/mol. The van der Waals surface area contributed by atoms with Gasteiger partial charge in [-0.05, 0) is 37.5 Å². The molecule has 1 unspecified atom stereocenters. The molecule has 0 bridgehead atoms. The minimum absolute atomic E-state index is 0.476. The molecule has 1 aromatic heterocycles. The number of fused-ring (bicyclic) bond motifs is 1. The fourth-order valence-electron chi connectivity index (χ4n) is 2.10. The molecule has 0 radical (unpaired) electrons. The molecule has 0 aliphatic rings. The summed E-state index contributed by atoms with van der Waals surface area (Å²) in [5, 5.41) is 3.50. The predicted molar refractivity (Wildman–Crippen MR) is 72.1 cm³/mol. The summed E-state index contributed by atoms with van der Waals surface area (Å²) in [4.78, 5) is 8.57. The van der Waals surface area contributed by atoms with E-state index in [4.69, 9.17) is 0 Å². The lowest BCUT2D eigenvalue weighted by Crippen LogP contribution is -2.17. The van der Waals surface area contributed by atoms with Crippen LogP contribution < -0.4 is 5.32 Å². The normalized spacial score (nSPS) is 12.9. The summed E-state index contributed by atoms with van der Waals surface area (Å²) in [5.41, 5.74) is 3.00. The van der Waals surface area contributed by atoms with E-state index in [1.54, 1.807) is 12.4 Å². The van der Waals surface area contributed by atoms with Crippen LogP contribution in [0.5, 0.6) is 0 Å². The van der Waals surface area contributed by atoms with Gasteiger partial charge < -0.3 is 5.32 Å². The molecular formula is C14H19N3. The van der Waals surface area contributed by atoms with Gasteiger partial charge in [-0.25, -0.2) is 0 Å². The van der Waals surface area contributed by atoms with Crippen LogP contribution in [0.1, 0.15) is 27.2 Å². The largest absolute Gasteiger partial charge is 0.383 e. The fourth-order valence-corrected chi connectivity index (χ4v) is 2.10. The van der Waals surface area contributed by atoms with Crippen LogP contribution in [-0.4, -0.2) is 16.0 Å². The van der Waals surface area contributed by atoms with Gasteiger partial charge in [0.2, 0.25) is 0 Å². The van der Waals surface area contributed by atoms with Crippen molar-refractivity contribution in [2.24, 2.45) is 5.92 Å². The molecule has 17 heavy (non-hydrogen) atoms. The number of nitrogens with zero attached hydrogens (tertiary/aromatic N) is 2. The van der Waals surface area contributed by atoms with Crippen molar-refractivity contribution in [1.29, 1.82) is 0 Å². The Balaban J connectivity index is 2.14. The van der Waals surface area contributed by atoms with E-state index in [1.807, 2.05) is 6.07 Å². The average Bonchev–Trinajstić information content (AvgIpc) is 2.27. The maximum Gasteiger partial charge on any atom is 0.0907 e. The Morgan fingerprint density at radius 1 is 1.06 bits per heavy atom. The second-order valence-corrected chi connectivity index (χ2v) is 4.93. The molecule has 0 spiro atoms. The summed E-state index contributed by atoms with van der Waals surface area (Å²) < 4.78 is 0. The lowest BCUT2D eigenvalue weighted by atomic mass is 10.1. The van der Waals surface area contributed by atoms with Gasteiger partial charge >= 0.3 is 0 Å². The van der Waals surface area contributed by atoms with E-state index in [-0.39, 0.29) is 0 Å². The highest BCUT2D eigenvalue weighted by Gasteiger charge is 2.05. The van der Waals surface area contributed by atoms with Crippen LogP contribution in [0.15, 0.2) is 30.6 Å². The third-order valence-corrected chi connectivity index (χ3v) is 2.71. The average molecular weight is 229 g/mol. The number of benzene rings is 1. The molecule has 2 rings (SSSR count). The molecular weight excluding hydrogens is 210 g/mol. The zero-order valence-electron chi connectivity index (χ0n) is 10.6. The van der Waals surface area contributed by atoms with Crippen molar-refractivity contribution in [3.8, 4) is 0 Å². The summed E-state index contributed by atoms with van der Waals surface area (Å²) in [5.74, 6) is 0.706. The van der Waals surface area contributed by atoms with E-state index < -0.39 is 0 Å². The van der Waals surface area contributed by atoms with Gasteiger partial charge in [-0.2, -0.15) is 0 Å². The molecule has 2 aromatic rings. The van der Waals surface area contributed by atoms with Gasteiger partial charge in [0, 0.05) is 24.1 Å². The molecule has 0 aliphatic carbocycles. The van der Waals surface area contributed by atoms with Crippen molar-refractivity contribution in [1.82, 2.24) is 9.97 Å². The Morgan fingerprint density at radius 2 is 1.76 bits per heavy atom. The highest BCUT2D eigenvalue weighted by Crippen LogP contribution is 2.17. The first-order valence-corrected chi connectivity index (χ1v) is 6.12. The smallest absolute Gasteiger partial charge is 0.0907 e. The molecule has 0 saturated carbocycles. The number of hydrogen-bond acceptors (Lipinski definition) is 3. The van der Waals surface area contributed by atoms with Crippen molar-refractivity contribution in [3.05, 3.63) is 30.6 Å². The van der Waals surface area contributed by atoms with Crippen molar-refractivity contribution in [3.63, 3.8) is 0 Å². The van der Waals surface area contributed by atoms with Crippen LogP contribution in [0.25, 0.3) is 11.0 Å². The molecule has 0 fully saturated rings. The molecule has 0 aliphatic heterocycles. The van der Waals surface area contributed by atoms with Gasteiger partial charge in [0.25, 0.3) is 0 Å². The predicted octanol–water partition coefficient (Wildman–Crippen LogP) is 3.48. The highest BCUT2D eigenvalue weighted by atomic mass is 14.9. The molecule has 1 aromatic carbocycles. The van der Waals surface area contributed by atoms with E-state index in [0.29, 0.717) is 12.0 Å². The van der Waals surface area contributed by atoms with Crippen molar-refractivity contribution < 1.29 is 0 Å². The summed E-state index contributed by atoms with van der Waals surface area (Å²) in [6.45, 7) is 6.69. The second kappa shape index (κ2) is 5.13. The van der Waals surface area contributed by atoms with Crippen molar-refractivity contribution >= 4 is 16.7 Å². The topological polar surface area (TPSA) is 37.8 Å². The SMILES string of the molecule is CC(C)CC(C)Nc1ccc2nccnc2c1. The summed E-state index contributed by atoms with van der Waals surface area (Å²) >= 11 is 0. The van der Waals surface area contributed by atoms with Gasteiger partial charge in [0.1, 0.15) is 0 Å². The molecule has 3 heteroatoms. The van der Waals surface area contributed by atoms with Gasteiger partial charge in [-0.1, -0.05) is 13.8 Å². The number of anilines is 1. The van der Waals surface area contributed by atoms with E-state index in [1.165, 1.54) is 6.42 Å². The molecule has 0 saturated heterocycles. The van der Waals surface area contributed by atoms with Crippen LogP contribution in [0.4, 0.5) is 5.69 Å². The van der Waals surface area contributed by atoms with Gasteiger partial charge in [0.15, 0.2) is 0 Å². The maximum absolute atomic E-state index is 4.31. The van der Waals surface area contributed by atoms with E-state index in [2.05, 4.69) is 48.2 Å². The third-order valence-electron chi connectivity index (χ3n) is 2.71. The van der Waals surface area contributed by atoms with Crippen molar-refractivity contribution in [2.75, 3.05) is 5.32 Å². The molecule has 3 nitrogen and oxygen atoms in total. The Bertz CT molecular complexity index is 494. The van der Waals surface area contributed by atoms with E-state index >= 15 is 0 Å². The van der Waals surface area contributed by atoms with E-state index in [0.717, 1.165) is 16.7 Å². The quantitative estimate of drug-likeness (QED) is 0.872. The Hall–Kier alpha value is -1.64. The lowest BCUT2D eigenvalue weighted by Gasteiger charge is -2.17. The van der Waals surface area contributed by atoms with Gasteiger partial charge in [-0.3, -0.25) is 9.97 Å². The van der Waals surface area contributed by atoms with Crippen LogP contribution in [0.2, 0.25) is 0 Å². The Kier molecular flexibility index (Phi) is 3.57. The van der Waals surface area contributed by atoms with Crippen molar-refractivity contribution in [2.45, 2.75) is 33.2 Å². The second-order valence-electron chi connectivity index (χ2n) is 4.93. The first-order valence-electron chi connectivity index (χ1n) is 6.12. The van der Waals surface area contributed by atoms with Gasteiger partial charge in [0.05, 0.1) is 11.0 Å². The summed E-state index contributed by atoms with van der Waals surface area (Å²) in [6.07, 6.45) is 4.61. The Morgan fingerprint density at radius 3 is 2.47 bits per heavy atom. The van der Waals surface area contributed by atoms with Crippen LogP contribution in [0, 0.1) is 5.92 Å². The highest BCUT2D eigenvalue weighted by molar-refractivity contribution is 5.78. The summed E-state index contributed by atoms with van der Waals surface area (Å²) in [6, 6.07) is 6.60. The maximum atomic E-state index is 4.31. The number of nitrogens with one attached hydrogen (secondary N) is 1. The third kappa shape index (κ3) is 3.16. The minimum atomic E-state index is 0.476. The first kappa shape index (κ1) is 11.8. The molecule has 1 atom stereocenters. The number of aromatic nitrogens is 2. The minimum Gasteiger partial charge on any atom is -0.383 e. The van der Waals surface area contributed by atoms with Crippen LogP contribution >= 0.6 is 0 Å². The zero-order valence-corrected chi connectivity index (χ0v) is 10.6. The molecule has 1 heterocycles. The van der Waals surface area contributed by atoms with Crippen LogP contribution in [-0.2, 0) is 0 Å². The first-order chi connectivity index (χ1) is 8.15. The molecule has 1 N–H and O–H groups in total. The standard InChI is InChI=1S/C14H19N3/c1-10(2)8-11(3)17-12-4-5-13-14(9-12)16-7-6-15-13/h4-7,9-11,17H,8H2,1-3H3. The Labute approximate surface area is 102 Å². The lowest BCUT2D eigenvalue weighted by molar-refractivity contribution is 0.540. The zero-order chi connectivity index (χ0) is 12.3. The number of hydrogen-bond donors (Lipinski definition) is 1. The molecule has 0 amide bonds. The van der Waals surface area contributed by atoms with Gasteiger partial charge in [-0.15, -0.1) is 0 Å². The fraction of sp³-hybridized carbons (Fsp3) is 0.429. The molecule has 90 valence electrons. The van der Waals surface area contributed by atoms with E-state index in [9.17, 15) is 0 Å². The van der Waals surface area contributed by atoms with Crippen LogP contribution in [0.3, 0.4) is 0 Å². The summed E-state index contributed by atoms with van der Waals surface area (Å²) in [7, 11) is 0.